The van der Waals surface area contributed by atoms with Crippen LogP contribution < -0.4 is 4.90 Å². The Hall–Kier alpha value is -4.93. The van der Waals surface area contributed by atoms with Gasteiger partial charge in [0.1, 0.15) is 11.9 Å². The predicted molar refractivity (Wildman–Crippen MR) is 133 cm³/mol. The second kappa shape index (κ2) is 11.0. The number of imide groups is 1. The summed E-state index contributed by atoms with van der Waals surface area (Å²) in [5.41, 5.74) is 0.585. The molecule has 1 fully saturated rings. The molecule has 0 aromatic heterocycles. The first kappa shape index (κ1) is 26.1. The highest BCUT2D eigenvalue weighted by Gasteiger charge is 2.44. The summed E-state index contributed by atoms with van der Waals surface area (Å²) in [5, 5.41) is 11.2. The molecule has 38 heavy (non-hydrogen) atoms. The Morgan fingerprint density at radius 3 is 2.37 bits per heavy atom. The number of carbonyl (C=O) groups excluding carboxylic acids is 4. The summed E-state index contributed by atoms with van der Waals surface area (Å²) >= 11 is 0. The van der Waals surface area contributed by atoms with Gasteiger partial charge in [-0.1, -0.05) is 18.2 Å². The lowest BCUT2D eigenvalue weighted by Crippen LogP contribution is -2.45. The van der Waals surface area contributed by atoms with Crippen LogP contribution in [0.2, 0.25) is 0 Å². The van der Waals surface area contributed by atoms with Crippen LogP contribution in [0.3, 0.4) is 0 Å². The second-order valence-electron chi connectivity index (χ2n) is 8.42. The number of hydrogen-bond donors (Lipinski definition) is 0. The molecule has 0 spiro atoms. The summed E-state index contributed by atoms with van der Waals surface area (Å²) in [7, 11) is 0. The standard InChI is InChI=1S/C27H22FN3O7/c1-2-38-27(35)18-8-12-21(13-9-18)30-24(32)15-23(26(30)34)29(16-17-6-10-20(28)11-7-17)25(33)19-4-3-5-22(14-19)31(36)37/h3-14,23H,2,15-16H2,1H3. The number of amides is 3. The lowest BCUT2D eigenvalue weighted by Gasteiger charge is -2.28. The average Bonchev–Trinajstić information content (AvgIpc) is 3.21. The number of non-ortho nitro benzene ring substituents is 1. The van der Waals surface area contributed by atoms with E-state index in [1.807, 2.05) is 0 Å². The summed E-state index contributed by atoms with van der Waals surface area (Å²) in [6.07, 6.45) is -0.333. The van der Waals surface area contributed by atoms with E-state index < -0.39 is 40.5 Å². The van der Waals surface area contributed by atoms with Crippen LogP contribution in [0.4, 0.5) is 15.8 Å². The molecule has 1 unspecified atom stereocenters. The van der Waals surface area contributed by atoms with Gasteiger partial charge in [-0.2, -0.15) is 0 Å². The van der Waals surface area contributed by atoms with Crippen molar-refractivity contribution in [2.75, 3.05) is 11.5 Å². The van der Waals surface area contributed by atoms with Crippen LogP contribution in [0.5, 0.6) is 0 Å². The number of carbonyl (C=O) groups is 4. The fraction of sp³-hybridized carbons (Fsp3) is 0.185. The van der Waals surface area contributed by atoms with Crippen molar-refractivity contribution >= 4 is 35.1 Å². The lowest BCUT2D eigenvalue weighted by molar-refractivity contribution is -0.384. The third kappa shape index (κ3) is 5.41. The highest BCUT2D eigenvalue weighted by Crippen LogP contribution is 2.29. The van der Waals surface area contributed by atoms with Gasteiger partial charge in [-0.25, -0.2) is 14.1 Å². The van der Waals surface area contributed by atoms with Crippen LogP contribution >= 0.6 is 0 Å². The molecule has 0 bridgehead atoms. The van der Waals surface area contributed by atoms with E-state index in [4.69, 9.17) is 4.74 Å². The van der Waals surface area contributed by atoms with E-state index in [9.17, 15) is 33.7 Å². The zero-order valence-electron chi connectivity index (χ0n) is 20.2. The molecular weight excluding hydrogens is 497 g/mol. The first-order valence-electron chi connectivity index (χ1n) is 11.6. The monoisotopic (exact) mass is 519 g/mol. The molecule has 4 rings (SSSR count). The quantitative estimate of drug-likeness (QED) is 0.191. The minimum atomic E-state index is -1.22. The maximum absolute atomic E-state index is 13.6. The van der Waals surface area contributed by atoms with Gasteiger partial charge in [-0.15, -0.1) is 0 Å². The van der Waals surface area contributed by atoms with Crippen LogP contribution in [0.15, 0.2) is 72.8 Å². The van der Waals surface area contributed by atoms with Crippen molar-refractivity contribution in [1.82, 2.24) is 4.90 Å². The largest absolute Gasteiger partial charge is 0.462 e. The number of esters is 1. The van der Waals surface area contributed by atoms with Gasteiger partial charge in [0.2, 0.25) is 5.91 Å². The van der Waals surface area contributed by atoms with E-state index in [2.05, 4.69) is 0 Å². The van der Waals surface area contributed by atoms with Crippen molar-refractivity contribution in [2.45, 2.75) is 25.9 Å². The van der Waals surface area contributed by atoms with Crippen LogP contribution in [0.1, 0.15) is 39.6 Å². The van der Waals surface area contributed by atoms with Crippen LogP contribution in [0, 0.1) is 15.9 Å². The topological polar surface area (TPSA) is 127 Å². The Morgan fingerprint density at radius 2 is 1.74 bits per heavy atom. The van der Waals surface area contributed by atoms with Crippen molar-refractivity contribution in [3.63, 3.8) is 0 Å². The predicted octanol–water partition coefficient (Wildman–Crippen LogP) is 3.89. The number of ether oxygens (including phenoxy) is 1. The Morgan fingerprint density at radius 1 is 1.05 bits per heavy atom. The van der Waals surface area contributed by atoms with Crippen molar-refractivity contribution in [2.24, 2.45) is 0 Å². The number of rotatable bonds is 8. The molecule has 0 saturated carbocycles. The molecule has 0 radical (unpaired) electrons. The zero-order valence-corrected chi connectivity index (χ0v) is 20.2. The third-order valence-corrected chi connectivity index (χ3v) is 5.97. The molecule has 3 amide bonds. The summed E-state index contributed by atoms with van der Waals surface area (Å²) in [6, 6.07) is 14.8. The molecule has 1 aliphatic heterocycles. The number of benzene rings is 3. The number of hydrogen-bond acceptors (Lipinski definition) is 7. The minimum Gasteiger partial charge on any atom is -0.462 e. The number of nitro groups is 1. The summed E-state index contributed by atoms with van der Waals surface area (Å²) in [5.74, 6) is -3.00. The van der Waals surface area contributed by atoms with Crippen molar-refractivity contribution in [3.8, 4) is 0 Å². The SMILES string of the molecule is CCOC(=O)c1ccc(N2C(=O)CC(N(Cc3ccc(F)cc3)C(=O)c3cccc([N+](=O)[O-])c3)C2=O)cc1. The van der Waals surface area contributed by atoms with Gasteiger partial charge in [0, 0.05) is 24.2 Å². The van der Waals surface area contributed by atoms with Crippen molar-refractivity contribution in [1.29, 1.82) is 0 Å². The third-order valence-electron chi connectivity index (χ3n) is 5.97. The van der Waals surface area contributed by atoms with Crippen LogP contribution in [-0.2, 0) is 20.9 Å². The number of anilines is 1. The van der Waals surface area contributed by atoms with Gasteiger partial charge >= 0.3 is 5.97 Å². The molecule has 1 saturated heterocycles. The van der Waals surface area contributed by atoms with E-state index in [0.717, 1.165) is 15.9 Å². The lowest BCUT2D eigenvalue weighted by atomic mass is 10.1. The molecule has 1 aliphatic rings. The molecule has 0 aliphatic carbocycles. The highest BCUT2D eigenvalue weighted by atomic mass is 19.1. The van der Waals surface area contributed by atoms with E-state index >= 15 is 0 Å². The zero-order chi connectivity index (χ0) is 27.4. The molecule has 0 N–H and O–H groups in total. The fourth-order valence-electron chi connectivity index (χ4n) is 4.12. The first-order valence-corrected chi connectivity index (χ1v) is 11.6. The average molecular weight is 519 g/mol. The molecule has 1 atom stereocenters. The Labute approximate surface area is 216 Å². The molecule has 3 aromatic carbocycles. The molecular formula is C27H22FN3O7. The van der Waals surface area contributed by atoms with Gasteiger partial charge in [0.25, 0.3) is 17.5 Å². The maximum atomic E-state index is 13.6. The molecule has 3 aromatic rings. The number of halogens is 1. The van der Waals surface area contributed by atoms with Crippen molar-refractivity contribution in [3.05, 3.63) is 105 Å². The molecule has 11 heteroatoms. The van der Waals surface area contributed by atoms with Crippen LogP contribution in [-0.4, -0.2) is 46.2 Å². The maximum Gasteiger partial charge on any atom is 0.338 e. The van der Waals surface area contributed by atoms with E-state index in [-0.39, 0.29) is 42.1 Å². The van der Waals surface area contributed by atoms with E-state index in [1.54, 1.807) is 6.92 Å². The van der Waals surface area contributed by atoms with Crippen LogP contribution in [0.25, 0.3) is 0 Å². The smallest absolute Gasteiger partial charge is 0.338 e. The number of nitro benzene ring substituents is 1. The summed E-state index contributed by atoms with van der Waals surface area (Å²) in [4.78, 5) is 64.6. The highest BCUT2D eigenvalue weighted by molar-refractivity contribution is 6.23. The van der Waals surface area contributed by atoms with E-state index in [1.165, 1.54) is 66.7 Å². The Balaban J connectivity index is 1.66. The van der Waals surface area contributed by atoms with Gasteiger partial charge in [0.15, 0.2) is 0 Å². The first-order chi connectivity index (χ1) is 18.2. The van der Waals surface area contributed by atoms with Gasteiger partial charge in [-0.05, 0) is 55.0 Å². The van der Waals surface area contributed by atoms with Gasteiger partial charge in [-0.3, -0.25) is 24.5 Å². The molecule has 194 valence electrons. The normalized spacial score (nSPS) is 14.9. The minimum absolute atomic E-state index is 0.0428. The fourth-order valence-corrected chi connectivity index (χ4v) is 4.12. The Kier molecular flexibility index (Phi) is 7.56. The number of nitrogens with zero attached hydrogens (tertiary/aromatic N) is 3. The Bertz CT molecular complexity index is 1410. The summed E-state index contributed by atoms with van der Waals surface area (Å²) < 4.78 is 18.4. The second-order valence-corrected chi connectivity index (χ2v) is 8.42. The molecule has 10 nitrogen and oxygen atoms in total. The molecule has 1 heterocycles. The van der Waals surface area contributed by atoms with Crippen molar-refractivity contribution < 1.29 is 33.2 Å². The van der Waals surface area contributed by atoms with Gasteiger partial charge in [0.05, 0.1) is 29.2 Å². The van der Waals surface area contributed by atoms with Gasteiger partial charge < -0.3 is 9.64 Å². The van der Waals surface area contributed by atoms with E-state index in [0.29, 0.717) is 5.56 Å². The summed E-state index contributed by atoms with van der Waals surface area (Å²) in [6.45, 7) is 1.70.